The number of hydrogen-bond acceptors (Lipinski definition) is 2. The van der Waals surface area contributed by atoms with Crippen LogP contribution in [-0.2, 0) is 5.60 Å². The Labute approximate surface area is 104 Å². The van der Waals surface area contributed by atoms with Crippen molar-refractivity contribution in [3.05, 3.63) is 34.9 Å². The highest BCUT2D eigenvalue weighted by Gasteiger charge is 2.34. The van der Waals surface area contributed by atoms with E-state index in [1.54, 1.807) is 0 Å². The molecule has 0 bridgehead atoms. The minimum atomic E-state index is -0.605. The second kappa shape index (κ2) is 4.79. The van der Waals surface area contributed by atoms with E-state index in [9.17, 15) is 5.11 Å². The van der Waals surface area contributed by atoms with Crippen LogP contribution in [0.2, 0.25) is 0 Å². The van der Waals surface area contributed by atoms with Crippen LogP contribution in [0.5, 0.6) is 0 Å². The highest BCUT2D eigenvalue weighted by Crippen LogP contribution is 2.37. The number of aryl methyl sites for hydroxylation is 2. The molecule has 1 aliphatic carbocycles. The van der Waals surface area contributed by atoms with E-state index in [1.807, 2.05) is 7.05 Å². The summed E-state index contributed by atoms with van der Waals surface area (Å²) in [6.45, 7) is 4.22. The molecule has 1 saturated carbocycles. The van der Waals surface area contributed by atoms with Gasteiger partial charge in [-0.15, -0.1) is 0 Å². The summed E-state index contributed by atoms with van der Waals surface area (Å²) in [6.07, 6.45) is 3.84. The van der Waals surface area contributed by atoms with Crippen molar-refractivity contribution < 1.29 is 5.11 Å². The van der Waals surface area contributed by atoms with Gasteiger partial charge in [-0.3, -0.25) is 0 Å². The standard InChI is InChI=1S/C15H23NO/c1-11-4-5-13(10-12(11)2)15(17)8-6-14(16-3)7-9-15/h4-5,10,14,16-17H,6-9H2,1-3H3. The van der Waals surface area contributed by atoms with Gasteiger partial charge in [0, 0.05) is 6.04 Å². The summed E-state index contributed by atoms with van der Waals surface area (Å²) in [7, 11) is 2.01. The fourth-order valence-corrected chi connectivity index (χ4v) is 2.70. The van der Waals surface area contributed by atoms with Crippen LogP contribution in [0.15, 0.2) is 18.2 Å². The van der Waals surface area contributed by atoms with E-state index in [1.165, 1.54) is 11.1 Å². The lowest BCUT2D eigenvalue weighted by atomic mass is 9.77. The zero-order valence-corrected chi connectivity index (χ0v) is 11.1. The quantitative estimate of drug-likeness (QED) is 0.823. The molecule has 0 spiro atoms. The van der Waals surface area contributed by atoms with Crippen LogP contribution in [0, 0.1) is 13.8 Å². The SMILES string of the molecule is CNC1CCC(O)(c2ccc(C)c(C)c2)CC1. The first kappa shape index (κ1) is 12.6. The van der Waals surface area contributed by atoms with E-state index < -0.39 is 5.60 Å². The number of rotatable bonds is 2. The minimum absolute atomic E-state index is 0.571. The second-order valence-electron chi connectivity index (χ2n) is 5.39. The maximum atomic E-state index is 10.7. The van der Waals surface area contributed by atoms with Crippen molar-refractivity contribution in [1.82, 2.24) is 5.32 Å². The predicted molar refractivity (Wildman–Crippen MR) is 71.1 cm³/mol. The van der Waals surface area contributed by atoms with Crippen molar-refractivity contribution in [3.8, 4) is 0 Å². The Morgan fingerprint density at radius 1 is 1.18 bits per heavy atom. The molecular formula is C15H23NO. The lowest BCUT2D eigenvalue weighted by molar-refractivity contribution is -0.00768. The maximum Gasteiger partial charge on any atom is 0.0897 e. The smallest absolute Gasteiger partial charge is 0.0897 e. The van der Waals surface area contributed by atoms with E-state index >= 15 is 0 Å². The Balaban J connectivity index is 2.18. The van der Waals surface area contributed by atoms with Crippen molar-refractivity contribution in [1.29, 1.82) is 0 Å². The van der Waals surface area contributed by atoms with Crippen molar-refractivity contribution in [2.24, 2.45) is 0 Å². The Kier molecular flexibility index (Phi) is 3.55. The molecule has 0 atom stereocenters. The monoisotopic (exact) mass is 233 g/mol. The average molecular weight is 233 g/mol. The topological polar surface area (TPSA) is 32.3 Å². The Hall–Kier alpha value is -0.860. The summed E-state index contributed by atoms with van der Waals surface area (Å²) < 4.78 is 0. The Bertz CT molecular complexity index is 392. The van der Waals surface area contributed by atoms with Gasteiger partial charge in [-0.1, -0.05) is 18.2 Å². The third-order valence-corrected chi connectivity index (χ3v) is 4.27. The van der Waals surface area contributed by atoms with E-state index in [-0.39, 0.29) is 0 Å². The third kappa shape index (κ3) is 2.53. The summed E-state index contributed by atoms with van der Waals surface area (Å²) >= 11 is 0. The lowest BCUT2D eigenvalue weighted by Crippen LogP contribution is -2.38. The third-order valence-electron chi connectivity index (χ3n) is 4.27. The fraction of sp³-hybridized carbons (Fsp3) is 0.600. The molecule has 1 aromatic carbocycles. The van der Waals surface area contributed by atoms with Crippen LogP contribution in [-0.4, -0.2) is 18.2 Å². The molecule has 94 valence electrons. The molecule has 0 aliphatic heterocycles. The van der Waals surface area contributed by atoms with Crippen LogP contribution in [0.3, 0.4) is 0 Å². The molecule has 0 aromatic heterocycles. The van der Waals surface area contributed by atoms with E-state index in [0.717, 1.165) is 31.2 Å². The summed E-state index contributed by atoms with van der Waals surface area (Å²) in [6, 6.07) is 6.92. The minimum Gasteiger partial charge on any atom is -0.385 e. The molecule has 2 N–H and O–H groups in total. The van der Waals surface area contributed by atoms with Gasteiger partial charge in [0.2, 0.25) is 0 Å². The number of benzene rings is 1. The zero-order chi connectivity index (χ0) is 12.5. The number of aliphatic hydroxyl groups is 1. The van der Waals surface area contributed by atoms with Gasteiger partial charge in [-0.05, 0) is 63.3 Å². The normalized spacial score (nSPS) is 29.3. The summed E-state index contributed by atoms with van der Waals surface area (Å²) in [5, 5.41) is 14.0. The van der Waals surface area contributed by atoms with Crippen LogP contribution < -0.4 is 5.32 Å². The molecule has 1 aliphatic rings. The molecular weight excluding hydrogens is 210 g/mol. The first-order valence-electron chi connectivity index (χ1n) is 6.52. The molecule has 0 radical (unpaired) electrons. The molecule has 1 aromatic rings. The van der Waals surface area contributed by atoms with E-state index in [0.29, 0.717) is 6.04 Å². The predicted octanol–water partition coefficient (Wildman–Crippen LogP) is 2.65. The molecule has 17 heavy (non-hydrogen) atoms. The first-order valence-corrected chi connectivity index (χ1v) is 6.52. The molecule has 2 rings (SSSR count). The molecule has 0 amide bonds. The maximum absolute atomic E-state index is 10.7. The molecule has 2 nitrogen and oxygen atoms in total. The summed E-state index contributed by atoms with van der Waals surface area (Å²) in [5.74, 6) is 0. The molecule has 0 heterocycles. The molecule has 1 fully saturated rings. The Morgan fingerprint density at radius 3 is 2.35 bits per heavy atom. The van der Waals surface area contributed by atoms with Gasteiger partial charge < -0.3 is 10.4 Å². The van der Waals surface area contributed by atoms with Gasteiger partial charge in [0.15, 0.2) is 0 Å². The van der Waals surface area contributed by atoms with Gasteiger partial charge in [0.25, 0.3) is 0 Å². The highest BCUT2D eigenvalue weighted by atomic mass is 16.3. The fourth-order valence-electron chi connectivity index (χ4n) is 2.70. The van der Waals surface area contributed by atoms with Crippen LogP contribution in [0.25, 0.3) is 0 Å². The second-order valence-corrected chi connectivity index (χ2v) is 5.39. The van der Waals surface area contributed by atoms with Crippen LogP contribution >= 0.6 is 0 Å². The number of nitrogens with one attached hydrogen (secondary N) is 1. The highest BCUT2D eigenvalue weighted by molar-refractivity contribution is 5.33. The van der Waals surface area contributed by atoms with E-state index in [4.69, 9.17) is 0 Å². The largest absolute Gasteiger partial charge is 0.385 e. The first-order chi connectivity index (χ1) is 8.05. The van der Waals surface area contributed by atoms with Gasteiger partial charge >= 0.3 is 0 Å². The molecule has 0 unspecified atom stereocenters. The van der Waals surface area contributed by atoms with Gasteiger partial charge in [-0.25, -0.2) is 0 Å². The molecule has 0 saturated heterocycles. The van der Waals surface area contributed by atoms with Crippen molar-refractivity contribution in [2.75, 3.05) is 7.05 Å². The average Bonchev–Trinajstić information content (AvgIpc) is 2.33. The Morgan fingerprint density at radius 2 is 1.82 bits per heavy atom. The van der Waals surface area contributed by atoms with Crippen LogP contribution in [0.1, 0.15) is 42.4 Å². The van der Waals surface area contributed by atoms with Gasteiger partial charge in [0.05, 0.1) is 5.60 Å². The molecule has 2 heteroatoms. The van der Waals surface area contributed by atoms with Gasteiger partial charge in [-0.2, -0.15) is 0 Å². The summed E-state index contributed by atoms with van der Waals surface area (Å²) in [4.78, 5) is 0. The lowest BCUT2D eigenvalue weighted by Gasteiger charge is -2.36. The van der Waals surface area contributed by atoms with Crippen molar-refractivity contribution in [2.45, 2.75) is 51.2 Å². The van der Waals surface area contributed by atoms with Crippen LogP contribution in [0.4, 0.5) is 0 Å². The van der Waals surface area contributed by atoms with Gasteiger partial charge in [0.1, 0.15) is 0 Å². The van der Waals surface area contributed by atoms with Crippen molar-refractivity contribution in [3.63, 3.8) is 0 Å². The number of hydrogen-bond donors (Lipinski definition) is 2. The van der Waals surface area contributed by atoms with E-state index in [2.05, 4.69) is 37.4 Å². The summed E-state index contributed by atoms with van der Waals surface area (Å²) in [5.41, 5.74) is 3.05. The zero-order valence-electron chi connectivity index (χ0n) is 11.1. The van der Waals surface area contributed by atoms with Crippen molar-refractivity contribution >= 4 is 0 Å².